The molecule has 1 saturated heterocycles. The highest BCUT2D eigenvalue weighted by Gasteiger charge is 2.09. The number of nitrogens with zero attached hydrogens (tertiary/aromatic N) is 2. The van der Waals surface area contributed by atoms with E-state index in [2.05, 4.69) is 20.5 Å². The molecule has 0 amide bonds. The van der Waals surface area contributed by atoms with Gasteiger partial charge in [0.1, 0.15) is 11.5 Å². The highest BCUT2D eigenvalue weighted by atomic mass is 16.5. The smallest absolute Gasteiger partial charge is 0.191 e. The molecule has 2 N–H and O–H groups in total. The van der Waals surface area contributed by atoms with E-state index in [1.54, 1.807) is 21.3 Å². The minimum Gasteiger partial charge on any atom is -0.497 e. The Hall–Kier alpha value is -1.99. The Morgan fingerprint density at radius 1 is 1.15 bits per heavy atom. The normalized spacial score (nSPS) is 15.6. The molecule has 1 aromatic carbocycles. The number of hydrogen-bond acceptors (Lipinski definition) is 5. The van der Waals surface area contributed by atoms with E-state index in [0.717, 1.165) is 81.8 Å². The average Bonchev–Trinajstić information content (AvgIpc) is 2.70. The molecule has 1 heterocycles. The number of nitrogens with one attached hydrogen (secondary N) is 2. The first-order valence-corrected chi connectivity index (χ1v) is 9.22. The van der Waals surface area contributed by atoms with Gasteiger partial charge < -0.3 is 24.8 Å². The fourth-order valence-electron chi connectivity index (χ4n) is 2.94. The summed E-state index contributed by atoms with van der Waals surface area (Å²) in [4.78, 5) is 6.68. The summed E-state index contributed by atoms with van der Waals surface area (Å²) in [7, 11) is 5.18. The van der Waals surface area contributed by atoms with E-state index in [0.29, 0.717) is 0 Å². The molecule has 0 spiro atoms. The van der Waals surface area contributed by atoms with E-state index in [9.17, 15) is 0 Å². The summed E-state index contributed by atoms with van der Waals surface area (Å²) >= 11 is 0. The molecule has 1 fully saturated rings. The van der Waals surface area contributed by atoms with Crippen molar-refractivity contribution in [2.45, 2.75) is 12.8 Å². The molecule has 0 saturated carbocycles. The SMILES string of the molecule is CN=C(NCCCc1cc(OC)ccc1OC)NCCN1CCOCC1. The lowest BCUT2D eigenvalue weighted by molar-refractivity contribution is 0.0389. The van der Waals surface area contributed by atoms with Crippen molar-refractivity contribution in [3.63, 3.8) is 0 Å². The largest absolute Gasteiger partial charge is 0.497 e. The van der Waals surface area contributed by atoms with E-state index in [1.807, 2.05) is 18.2 Å². The Kier molecular flexibility index (Phi) is 9.06. The van der Waals surface area contributed by atoms with Gasteiger partial charge in [-0.25, -0.2) is 0 Å². The van der Waals surface area contributed by atoms with E-state index >= 15 is 0 Å². The lowest BCUT2D eigenvalue weighted by atomic mass is 10.1. The third-order valence-electron chi connectivity index (χ3n) is 4.45. The molecule has 146 valence electrons. The van der Waals surface area contributed by atoms with Crippen LogP contribution < -0.4 is 20.1 Å². The van der Waals surface area contributed by atoms with Crippen molar-refractivity contribution in [1.29, 1.82) is 0 Å². The van der Waals surface area contributed by atoms with Crippen molar-refractivity contribution in [3.8, 4) is 11.5 Å². The van der Waals surface area contributed by atoms with Crippen molar-refractivity contribution >= 4 is 5.96 Å². The molecule has 1 aliphatic rings. The van der Waals surface area contributed by atoms with E-state index in [4.69, 9.17) is 14.2 Å². The minimum absolute atomic E-state index is 0.834. The van der Waals surface area contributed by atoms with Crippen LogP contribution in [0.3, 0.4) is 0 Å². The molecule has 0 unspecified atom stereocenters. The summed E-state index contributed by atoms with van der Waals surface area (Å²) in [6, 6.07) is 5.91. The van der Waals surface area contributed by atoms with Crippen LogP contribution in [0.15, 0.2) is 23.2 Å². The average molecular weight is 364 g/mol. The summed E-state index contributed by atoms with van der Waals surface area (Å²) in [5, 5.41) is 6.73. The van der Waals surface area contributed by atoms with Crippen molar-refractivity contribution in [2.24, 2.45) is 4.99 Å². The zero-order chi connectivity index (χ0) is 18.6. The quantitative estimate of drug-likeness (QED) is 0.389. The number of hydrogen-bond donors (Lipinski definition) is 2. The lowest BCUT2D eigenvalue weighted by Gasteiger charge is -2.26. The van der Waals surface area contributed by atoms with Crippen LogP contribution in [-0.4, -0.2) is 78.1 Å². The van der Waals surface area contributed by atoms with E-state index < -0.39 is 0 Å². The van der Waals surface area contributed by atoms with Gasteiger partial charge in [0, 0.05) is 39.8 Å². The first-order chi connectivity index (χ1) is 12.8. The third kappa shape index (κ3) is 6.72. The molecule has 26 heavy (non-hydrogen) atoms. The van der Waals surface area contributed by atoms with Gasteiger partial charge >= 0.3 is 0 Å². The number of aliphatic imine (C=N–C) groups is 1. The van der Waals surface area contributed by atoms with Gasteiger partial charge in [-0.2, -0.15) is 0 Å². The molecular weight excluding hydrogens is 332 g/mol. The molecule has 0 aliphatic carbocycles. The molecule has 0 radical (unpaired) electrons. The fraction of sp³-hybridized carbons (Fsp3) is 0.632. The van der Waals surface area contributed by atoms with E-state index in [-0.39, 0.29) is 0 Å². The third-order valence-corrected chi connectivity index (χ3v) is 4.45. The molecular formula is C19H32N4O3. The Balaban J connectivity index is 1.67. The Morgan fingerprint density at radius 2 is 1.92 bits per heavy atom. The monoisotopic (exact) mass is 364 g/mol. The number of ether oxygens (including phenoxy) is 3. The first kappa shape index (κ1) is 20.3. The van der Waals surface area contributed by atoms with Crippen LogP contribution in [0.25, 0.3) is 0 Å². The van der Waals surface area contributed by atoms with Crippen LogP contribution in [0, 0.1) is 0 Å². The maximum atomic E-state index is 5.43. The molecule has 2 rings (SSSR count). The predicted molar refractivity (Wildman–Crippen MR) is 104 cm³/mol. The molecule has 0 aromatic heterocycles. The molecule has 1 aliphatic heterocycles. The Labute approximate surface area is 156 Å². The van der Waals surface area contributed by atoms with Crippen molar-refractivity contribution < 1.29 is 14.2 Å². The number of benzene rings is 1. The minimum atomic E-state index is 0.834. The molecule has 1 aromatic rings. The predicted octanol–water partition coefficient (Wildman–Crippen LogP) is 1.13. The maximum absolute atomic E-state index is 5.43. The second-order valence-electron chi connectivity index (χ2n) is 6.16. The number of methoxy groups -OCH3 is 2. The lowest BCUT2D eigenvalue weighted by Crippen LogP contribution is -2.44. The molecule has 7 nitrogen and oxygen atoms in total. The van der Waals surface area contributed by atoms with E-state index in [1.165, 1.54) is 0 Å². The van der Waals surface area contributed by atoms with Crippen LogP contribution in [0.1, 0.15) is 12.0 Å². The second kappa shape index (κ2) is 11.6. The molecule has 0 bridgehead atoms. The van der Waals surface area contributed by atoms with Gasteiger partial charge in [0.2, 0.25) is 0 Å². The number of rotatable bonds is 9. The molecule has 0 atom stereocenters. The Bertz CT molecular complexity index is 560. The van der Waals surface area contributed by atoms with Gasteiger partial charge in [-0.05, 0) is 36.6 Å². The fourth-order valence-corrected chi connectivity index (χ4v) is 2.94. The number of morpholine rings is 1. The highest BCUT2D eigenvalue weighted by molar-refractivity contribution is 5.79. The van der Waals surface area contributed by atoms with Crippen LogP contribution in [0.2, 0.25) is 0 Å². The van der Waals surface area contributed by atoms with Crippen LogP contribution in [0.4, 0.5) is 0 Å². The Morgan fingerprint density at radius 3 is 2.62 bits per heavy atom. The van der Waals surface area contributed by atoms with Gasteiger partial charge in [-0.1, -0.05) is 0 Å². The number of guanidine groups is 1. The maximum Gasteiger partial charge on any atom is 0.191 e. The second-order valence-corrected chi connectivity index (χ2v) is 6.16. The first-order valence-electron chi connectivity index (χ1n) is 9.22. The molecule has 7 heteroatoms. The van der Waals surface area contributed by atoms with Gasteiger partial charge in [-0.15, -0.1) is 0 Å². The van der Waals surface area contributed by atoms with Crippen molar-refractivity contribution in [3.05, 3.63) is 23.8 Å². The van der Waals surface area contributed by atoms with Gasteiger partial charge in [-0.3, -0.25) is 9.89 Å². The standard InChI is InChI=1S/C19H32N4O3/c1-20-19(22-9-10-23-11-13-26-14-12-23)21-8-4-5-16-15-17(24-2)6-7-18(16)25-3/h6-7,15H,4-5,8-14H2,1-3H3,(H2,20,21,22). The zero-order valence-electron chi connectivity index (χ0n) is 16.2. The van der Waals surface area contributed by atoms with Crippen LogP contribution >= 0.6 is 0 Å². The van der Waals surface area contributed by atoms with Crippen LogP contribution in [0.5, 0.6) is 11.5 Å². The van der Waals surface area contributed by atoms with Gasteiger partial charge in [0.05, 0.1) is 27.4 Å². The highest BCUT2D eigenvalue weighted by Crippen LogP contribution is 2.24. The summed E-state index contributed by atoms with van der Waals surface area (Å²) in [6.07, 6.45) is 1.89. The van der Waals surface area contributed by atoms with Crippen molar-refractivity contribution in [1.82, 2.24) is 15.5 Å². The van der Waals surface area contributed by atoms with Crippen LogP contribution in [-0.2, 0) is 11.2 Å². The van der Waals surface area contributed by atoms with Gasteiger partial charge in [0.25, 0.3) is 0 Å². The summed E-state index contributed by atoms with van der Waals surface area (Å²) in [5.74, 6) is 2.60. The zero-order valence-corrected chi connectivity index (χ0v) is 16.2. The summed E-state index contributed by atoms with van der Waals surface area (Å²) in [5.41, 5.74) is 1.16. The van der Waals surface area contributed by atoms with Gasteiger partial charge in [0.15, 0.2) is 5.96 Å². The number of aryl methyl sites for hydroxylation is 1. The summed E-state index contributed by atoms with van der Waals surface area (Å²) in [6.45, 7) is 6.42. The summed E-state index contributed by atoms with van der Waals surface area (Å²) < 4.78 is 16.1. The topological polar surface area (TPSA) is 67.4 Å². The van der Waals surface area contributed by atoms with Crippen molar-refractivity contribution in [2.75, 3.05) is 67.2 Å².